The predicted molar refractivity (Wildman–Crippen MR) is 304 cm³/mol. The third kappa shape index (κ3) is 54.0. The summed E-state index contributed by atoms with van der Waals surface area (Å²) >= 11 is 0. The van der Waals surface area contributed by atoms with E-state index in [-0.39, 0.29) is 19.1 Å². The SMILES string of the molecule is CC/C=C\C/C=C\C/C=C\C/C=C\CCCCCCCCCCCCCCCCCCCCCCCCCCCCC(=O)NC(COP(=O)(O)OCC[N+](C)(C)C)C(O)/C=C/CCCCCCCCC. The molecule has 0 aromatic rings. The number of aliphatic hydroxyl groups is 1. The molecule has 3 atom stereocenters. The topological polar surface area (TPSA) is 105 Å². The van der Waals surface area contributed by atoms with E-state index >= 15 is 0 Å². The van der Waals surface area contributed by atoms with Crippen LogP contribution in [0.5, 0.6) is 0 Å². The Bertz CT molecular complexity index is 1320. The van der Waals surface area contributed by atoms with Crippen molar-refractivity contribution < 1.29 is 32.9 Å². The molecular weight excluding hydrogens is 888 g/mol. The molecule has 8 nitrogen and oxygen atoms in total. The minimum Gasteiger partial charge on any atom is -0.387 e. The maximum atomic E-state index is 12.9. The van der Waals surface area contributed by atoms with Crippen LogP contribution in [0.1, 0.15) is 271 Å². The molecule has 0 bridgehead atoms. The number of likely N-dealkylation sites (N-methyl/N-ethyl adjacent to an activating group) is 1. The largest absolute Gasteiger partial charge is 0.472 e. The number of allylic oxidation sites excluding steroid dienone is 9. The van der Waals surface area contributed by atoms with Crippen LogP contribution in [0, 0.1) is 0 Å². The molecule has 3 N–H and O–H groups in total. The summed E-state index contributed by atoms with van der Waals surface area (Å²) in [6.45, 7) is 4.68. The van der Waals surface area contributed by atoms with Gasteiger partial charge in [-0.25, -0.2) is 4.57 Å². The Hall–Kier alpha value is -1.80. The molecule has 1 amide bonds. The quantitative estimate of drug-likeness (QED) is 0.0243. The van der Waals surface area contributed by atoms with Crippen LogP contribution in [-0.4, -0.2) is 73.4 Å². The first-order valence-corrected chi connectivity index (χ1v) is 31.2. The molecule has 0 fully saturated rings. The van der Waals surface area contributed by atoms with Crippen LogP contribution in [0.2, 0.25) is 0 Å². The van der Waals surface area contributed by atoms with Gasteiger partial charge in [0, 0.05) is 6.42 Å². The van der Waals surface area contributed by atoms with E-state index < -0.39 is 20.0 Å². The molecule has 70 heavy (non-hydrogen) atoms. The second kappa shape index (κ2) is 52.1. The third-order valence-electron chi connectivity index (χ3n) is 13.2. The Morgan fingerprint density at radius 3 is 1.26 bits per heavy atom. The minimum absolute atomic E-state index is 0.0622. The van der Waals surface area contributed by atoms with Gasteiger partial charge in [0.2, 0.25) is 5.91 Å². The van der Waals surface area contributed by atoms with Crippen molar-refractivity contribution in [3.63, 3.8) is 0 Å². The fraction of sp³-hybridized carbons (Fsp3) is 0.820. The van der Waals surface area contributed by atoms with Crippen LogP contribution in [0.4, 0.5) is 0 Å². The lowest BCUT2D eigenvalue weighted by atomic mass is 10.0. The van der Waals surface area contributed by atoms with Crippen molar-refractivity contribution in [1.29, 1.82) is 0 Å². The van der Waals surface area contributed by atoms with Crippen molar-refractivity contribution in [2.24, 2.45) is 0 Å². The van der Waals surface area contributed by atoms with Gasteiger partial charge in [-0.1, -0.05) is 267 Å². The highest BCUT2D eigenvalue weighted by atomic mass is 31.2. The van der Waals surface area contributed by atoms with Gasteiger partial charge in [0.25, 0.3) is 0 Å². The number of nitrogens with one attached hydrogen (secondary N) is 1. The first kappa shape index (κ1) is 68.2. The fourth-order valence-electron chi connectivity index (χ4n) is 8.62. The lowest BCUT2D eigenvalue weighted by Crippen LogP contribution is -2.45. The molecule has 3 unspecified atom stereocenters. The lowest BCUT2D eigenvalue weighted by molar-refractivity contribution is -0.870. The number of aliphatic hydroxyl groups excluding tert-OH is 1. The van der Waals surface area contributed by atoms with Gasteiger partial charge in [-0.15, -0.1) is 0 Å². The molecule has 0 heterocycles. The number of unbranched alkanes of at least 4 members (excludes halogenated alkanes) is 33. The van der Waals surface area contributed by atoms with Crippen molar-refractivity contribution in [3.05, 3.63) is 60.8 Å². The van der Waals surface area contributed by atoms with Gasteiger partial charge in [-0.05, 0) is 57.8 Å². The third-order valence-corrected chi connectivity index (χ3v) is 14.2. The molecule has 0 spiro atoms. The Balaban J connectivity index is 3.80. The van der Waals surface area contributed by atoms with Gasteiger partial charge in [-0.3, -0.25) is 13.8 Å². The molecule has 0 aliphatic rings. The van der Waals surface area contributed by atoms with Gasteiger partial charge >= 0.3 is 7.82 Å². The van der Waals surface area contributed by atoms with E-state index in [1.807, 2.05) is 27.2 Å². The first-order chi connectivity index (χ1) is 34.0. The van der Waals surface area contributed by atoms with Crippen molar-refractivity contribution in [3.8, 4) is 0 Å². The number of rotatable bonds is 54. The van der Waals surface area contributed by atoms with Crippen LogP contribution < -0.4 is 5.32 Å². The van der Waals surface area contributed by atoms with Crippen molar-refractivity contribution in [2.45, 2.75) is 283 Å². The molecule has 410 valence electrons. The maximum absolute atomic E-state index is 12.9. The number of carbonyl (C=O) groups excluding carboxylic acids is 1. The number of phosphoric ester groups is 1. The molecule has 9 heteroatoms. The molecule has 0 radical (unpaired) electrons. The zero-order valence-electron chi connectivity index (χ0n) is 46.8. The monoisotopic (exact) mass is 1000 g/mol. The summed E-state index contributed by atoms with van der Waals surface area (Å²) < 4.78 is 23.6. The van der Waals surface area contributed by atoms with E-state index in [9.17, 15) is 19.4 Å². The highest BCUT2D eigenvalue weighted by Crippen LogP contribution is 2.43. The molecule has 0 rings (SSSR count). The molecule has 0 aliphatic carbocycles. The van der Waals surface area contributed by atoms with Gasteiger partial charge in [0.05, 0.1) is 39.9 Å². The Kier molecular flexibility index (Phi) is 50.7. The van der Waals surface area contributed by atoms with Gasteiger partial charge < -0.3 is 19.8 Å². The van der Waals surface area contributed by atoms with E-state index in [1.54, 1.807) is 6.08 Å². The summed E-state index contributed by atoms with van der Waals surface area (Å²) in [6, 6.07) is -0.843. The zero-order valence-corrected chi connectivity index (χ0v) is 47.7. The molecule has 0 aromatic carbocycles. The minimum atomic E-state index is -4.34. The van der Waals surface area contributed by atoms with Crippen molar-refractivity contribution in [1.82, 2.24) is 5.32 Å². The summed E-state index contributed by atoms with van der Waals surface area (Å²) in [4.78, 5) is 23.2. The zero-order chi connectivity index (χ0) is 51.3. The number of hydrogen-bond donors (Lipinski definition) is 3. The Morgan fingerprint density at radius 2 is 0.857 bits per heavy atom. The number of phosphoric acid groups is 1. The molecule has 0 aromatic heterocycles. The number of amides is 1. The van der Waals surface area contributed by atoms with E-state index in [0.29, 0.717) is 17.4 Å². The summed E-state index contributed by atoms with van der Waals surface area (Å²) in [5.41, 5.74) is 0. The van der Waals surface area contributed by atoms with Gasteiger partial charge in [0.1, 0.15) is 13.2 Å². The van der Waals surface area contributed by atoms with Crippen molar-refractivity contribution in [2.75, 3.05) is 40.9 Å². The fourth-order valence-corrected chi connectivity index (χ4v) is 9.36. The first-order valence-electron chi connectivity index (χ1n) is 29.7. The normalized spacial score (nSPS) is 14.3. The van der Waals surface area contributed by atoms with E-state index in [4.69, 9.17) is 9.05 Å². The van der Waals surface area contributed by atoms with E-state index in [1.165, 1.54) is 186 Å². The summed E-state index contributed by atoms with van der Waals surface area (Å²) in [5, 5.41) is 13.8. The summed E-state index contributed by atoms with van der Waals surface area (Å²) in [7, 11) is 1.58. The number of hydrogen-bond acceptors (Lipinski definition) is 5. The summed E-state index contributed by atoms with van der Waals surface area (Å²) in [5.74, 6) is -0.176. The smallest absolute Gasteiger partial charge is 0.387 e. The molecule has 0 aliphatic heterocycles. The second-order valence-electron chi connectivity index (χ2n) is 21.3. The molecular formula is C61H116N2O6P+. The highest BCUT2D eigenvalue weighted by molar-refractivity contribution is 7.47. The van der Waals surface area contributed by atoms with Crippen LogP contribution in [0.25, 0.3) is 0 Å². The van der Waals surface area contributed by atoms with Crippen LogP contribution in [0.3, 0.4) is 0 Å². The maximum Gasteiger partial charge on any atom is 0.472 e. The molecule has 0 saturated heterocycles. The Labute approximate surface area is 434 Å². The van der Waals surface area contributed by atoms with Crippen LogP contribution >= 0.6 is 7.82 Å². The van der Waals surface area contributed by atoms with Crippen molar-refractivity contribution >= 4 is 13.7 Å². The van der Waals surface area contributed by atoms with Crippen LogP contribution in [0.15, 0.2) is 60.8 Å². The van der Waals surface area contributed by atoms with E-state index in [2.05, 4.69) is 67.8 Å². The lowest BCUT2D eigenvalue weighted by Gasteiger charge is -2.25. The van der Waals surface area contributed by atoms with Gasteiger partial charge in [-0.2, -0.15) is 0 Å². The number of nitrogens with zero attached hydrogens (tertiary/aromatic N) is 1. The second-order valence-corrected chi connectivity index (χ2v) is 22.8. The number of quaternary nitrogens is 1. The number of carbonyl (C=O) groups is 1. The van der Waals surface area contributed by atoms with Gasteiger partial charge in [0.15, 0.2) is 0 Å². The predicted octanol–water partition coefficient (Wildman–Crippen LogP) is 18.1. The molecule has 0 saturated carbocycles. The average molecular weight is 1000 g/mol. The summed E-state index contributed by atoms with van der Waals surface area (Å²) in [6.07, 6.45) is 70.8. The average Bonchev–Trinajstić information content (AvgIpc) is 3.32. The van der Waals surface area contributed by atoms with E-state index in [0.717, 1.165) is 64.2 Å². The highest BCUT2D eigenvalue weighted by Gasteiger charge is 2.27. The standard InChI is InChI=1S/C61H115N2O6P/c1-6-8-10-12-14-16-17-18-19-20-21-22-23-24-25-26-27-28-29-30-31-32-33-34-35-36-37-38-39-40-41-42-43-44-45-47-49-51-53-55-61(65)62-59(58-69-70(66,67)68-57-56-63(3,4)5)60(64)54-52-50-48-46-15-13-11-9-7-2/h8,10,14,16,18-19,21-22,52,54,59-60,64H,6-7,9,11-13,15,17,20,23-51,53,55-58H2,1-5H3,(H-,62,65,66,67)/p+1/b10-8-,16-14-,19-18-,22-21-,54-52+. The van der Waals surface area contributed by atoms with Crippen LogP contribution in [-0.2, 0) is 18.4 Å². The Morgan fingerprint density at radius 1 is 0.500 bits per heavy atom.